The molecule has 0 saturated carbocycles. The maximum absolute atomic E-state index is 14.0. The van der Waals surface area contributed by atoms with E-state index in [0.29, 0.717) is 45.5 Å². The highest BCUT2D eigenvalue weighted by molar-refractivity contribution is 7.99. The minimum Gasteiger partial charge on any atom is -0.484 e. The summed E-state index contributed by atoms with van der Waals surface area (Å²) in [6, 6.07) is 25.9. The fraction of sp³-hybridized carbons (Fsp3) is 0.275. The molecular weight excluding hydrogens is 971 g/mol. The fourth-order valence-corrected chi connectivity index (χ4v) is 8.70. The third-order valence-corrected chi connectivity index (χ3v) is 12.2. The van der Waals surface area contributed by atoms with Gasteiger partial charge in [0.2, 0.25) is 11.8 Å². The highest BCUT2D eigenvalue weighted by Crippen LogP contribution is 2.40. The number of Topliss-reactive ketones (excluding diaryl/α,β-unsaturated/α-hetero) is 2. The van der Waals surface area contributed by atoms with Crippen molar-refractivity contribution in [1.29, 1.82) is 0 Å². The van der Waals surface area contributed by atoms with E-state index in [1.165, 1.54) is 12.1 Å². The number of hydrogen-bond acceptors (Lipinski definition) is 17. The van der Waals surface area contributed by atoms with Gasteiger partial charge in [0.25, 0.3) is 11.4 Å². The van der Waals surface area contributed by atoms with Crippen molar-refractivity contribution in [3.8, 4) is 23.0 Å². The van der Waals surface area contributed by atoms with Crippen LogP contribution in [0.3, 0.4) is 0 Å². The zero-order valence-corrected chi connectivity index (χ0v) is 40.2. The molecule has 3 N–H and O–H groups in total. The number of nitrogens with one attached hydrogen (secondary N) is 3. The largest absolute Gasteiger partial charge is 0.484 e. The van der Waals surface area contributed by atoms with Crippen molar-refractivity contribution >= 4 is 64.5 Å². The number of benzene rings is 5. The van der Waals surface area contributed by atoms with Crippen LogP contribution < -0.4 is 34.9 Å². The maximum atomic E-state index is 14.0. The van der Waals surface area contributed by atoms with Crippen LogP contribution in [0.2, 0.25) is 0 Å². The van der Waals surface area contributed by atoms with E-state index in [0.717, 1.165) is 18.2 Å². The second-order valence-corrected chi connectivity index (χ2v) is 18.5. The van der Waals surface area contributed by atoms with Crippen LogP contribution in [0.5, 0.6) is 23.0 Å². The number of carbonyl (C=O) groups excluding carboxylic acids is 7. The molecule has 2 aliphatic heterocycles. The van der Waals surface area contributed by atoms with Crippen molar-refractivity contribution in [3.05, 3.63) is 158 Å². The Balaban J connectivity index is 1.06. The molecule has 73 heavy (non-hydrogen) atoms. The fourth-order valence-electron chi connectivity index (χ4n) is 7.67. The van der Waals surface area contributed by atoms with Crippen molar-refractivity contribution in [2.45, 2.75) is 81.2 Å². The first-order valence-corrected chi connectivity index (χ1v) is 23.6. The Kier molecular flexibility index (Phi) is 16.5. The summed E-state index contributed by atoms with van der Waals surface area (Å²) >= 11 is 0.701. The van der Waals surface area contributed by atoms with Crippen LogP contribution in [-0.4, -0.2) is 81.2 Å². The van der Waals surface area contributed by atoms with Crippen LogP contribution in [0.4, 0.5) is 16.2 Å². The maximum Gasteiger partial charge on any atom is 0.408 e. The Morgan fingerprint density at radius 3 is 1.82 bits per heavy atom. The molecule has 7 rings (SSSR count). The minimum absolute atomic E-state index is 0.00410. The zero-order chi connectivity index (χ0) is 52.4. The molecule has 21 nitrogen and oxygen atoms in total. The Morgan fingerprint density at radius 1 is 0.712 bits per heavy atom. The van der Waals surface area contributed by atoms with Gasteiger partial charge in [-0.25, -0.2) is 14.4 Å². The number of para-hydroxylation sites is 4. The molecule has 0 radical (unpaired) electrons. The Labute approximate surface area is 420 Å². The molecule has 4 unspecified atom stereocenters. The molecule has 3 amide bonds. The van der Waals surface area contributed by atoms with Crippen molar-refractivity contribution < 1.29 is 67.1 Å². The van der Waals surface area contributed by atoms with E-state index in [4.69, 9.17) is 23.7 Å². The lowest BCUT2D eigenvalue weighted by Gasteiger charge is -2.27. The summed E-state index contributed by atoms with van der Waals surface area (Å²) in [5.41, 5.74) is -0.685. The van der Waals surface area contributed by atoms with Gasteiger partial charge < -0.3 is 39.6 Å². The molecule has 2 aliphatic rings. The normalized spacial score (nSPS) is 15.6. The van der Waals surface area contributed by atoms with Crippen LogP contribution in [0.25, 0.3) is 0 Å². The average Bonchev–Trinajstić information content (AvgIpc) is 3.35. The topological polar surface area (TPSA) is 288 Å². The summed E-state index contributed by atoms with van der Waals surface area (Å²) in [4.78, 5) is 115. The first-order chi connectivity index (χ1) is 34.8. The van der Waals surface area contributed by atoms with Crippen molar-refractivity contribution in [2.75, 3.05) is 12.3 Å². The molecule has 4 atom stereocenters. The summed E-state index contributed by atoms with van der Waals surface area (Å²) in [5, 5.41) is 30.7. The molecule has 0 aliphatic carbocycles. The number of nitrogens with zero attached hydrogens (tertiary/aromatic N) is 2. The number of carbonyl (C=O) groups is 7. The van der Waals surface area contributed by atoms with Gasteiger partial charge in [-0.3, -0.25) is 39.4 Å². The molecule has 0 bridgehead atoms. The summed E-state index contributed by atoms with van der Waals surface area (Å²) in [5.74, 6) is -3.87. The Morgan fingerprint density at radius 2 is 1.26 bits per heavy atom. The third kappa shape index (κ3) is 13.6. The molecule has 5 aromatic rings. The van der Waals surface area contributed by atoms with Gasteiger partial charge in [-0.2, -0.15) is 0 Å². The molecule has 378 valence electrons. The lowest BCUT2D eigenvalue weighted by Crippen LogP contribution is -2.50. The standard InChI is InChI=1S/C51H47N5O16S/c1-51(2,3)72-50(63)54-34(49(62)71-42-19-11-7-15-33(42)44-26-38(58)31-13-5-9-17-40(31)69-44)21-23-46(59)53-35(28-73-45-22-20-29(55(64)65)24-36(45)56(66)67)48(61)52-27-47(60)70-41-18-10-6-14-32(41)43-25-37(57)30-12-4-8-16-39(30)68-43/h4-20,22,24,34-35,43-44H,21,23,25-28H2,1-3H3,(H,52,61)(H,53,59)(H,54,63). The Bertz CT molecular complexity index is 2990. The number of alkyl carbamates (subject to hydrolysis) is 1. The summed E-state index contributed by atoms with van der Waals surface area (Å²) < 4.78 is 29.0. The molecule has 5 aromatic carbocycles. The quantitative estimate of drug-likeness (QED) is 0.0252. The van der Waals surface area contributed by atoms with Crippen LogP contribution in [0.15, 0.2) is 120 Å². The van der Waals surface area contributed by atoms with Crippen LogP contribution in [0, 0.1) is 20.2 Å². The number of ketones is 2. The van der Waals surface area contributed by atoms with Gasteiger partial charge in [0.15, 0.2) is 11.6 Å². The van der Waals surface area contributed by atoms with Crippen LogP contribution in [0.1, 0.15) is 90.5 Å². The van der Waals surface area contributed by atoms with Gasteiger partial charge >= 0.3 is 18.0 Å². The number of hydrogen-bond donors (Lipinski definition) is 3. The number of nitro groups is 2. The van der Waals surface area contributed by atoms with Gasteiger partial charge in [-0.1, -0.05) is 60.7 Å². The second kappa shape index (κ2) is 23.1. The van der Waals surface area contributed by atoms with Crippen molar-refractivity contribution in [3.63, 3.8) is 0 Å². The minimum atomic E-state index is -1.55. The number of amides is 3. The van der Waals surface area contributed by atoms with E-state index in [9.17, 15) is 53.8 Å². The van der Waals surface area contributed by atoms with E-state index >= 15 is 0 Å². The van der Waals surface area contributed by atoms with Gasteiger partial charge in [-0.15, -0.1) is 11.8 Å². The average molecular weight is 1020 g/mol. The predicted octanol–water partition coefficient (Wildman–Crippen LogP) is 7.49. The molecule has 0 spiro atoms. The van der Waals surface area contributed by atoms with Gasteiger partial charge in [0.1, 0.15) is 59.4 Å². The number of esters is 2. The highest BCUT2D eigenvalue weighted by atomic mass is 32.2. The van der Waals surface area contributed by atoms with E-state index in [-0.39, 0.29) is 40.8 Å². The molecule has 0 aromatic heterocycles. The van der Waals surface area contributed by atoms with Gasteiger partial charge in [0.05, 0.1) is 44.8 Å². The summed E-state index contributed by atoms with van der Waals surface area (Å²) in [6.45, 7) is 4.02. The van der Waals surface area contributed by atoms with Crippen LogP contribution in [-0.2, 0) is 23.9 Å². The van der Waals surface area contributed by atoms with E-state index in [1.807, 2.05) is 0 Å². The molecule has 22 heteroatoms. The SMILES string of the molecule is CC(C)(C)OC(=O)NC(CCC(=O)NC(CSc1ccc([N+](=O)[O-])cc1[N+](=O)[O-])C(=O)NCC(=O)Oc1ccccc1C1CC(=O)c2ccccc2O1)C(=O)Oc1ccccc1C1CC(=O)c2ccccc2O1. The smallest absolute Gasteiger partial charge is 0.408 e. The van der Waals surface area contributed by atoms with E-state index < -0.39 is 106 Å². The monoisotopic (exact) mass is 1020 g/mol. The molecule has 2 heterocycles. The lowest BCUT2D eigenvalue weighted by atomic mass is 9.96. The first kappa shape index (κ1) is 52.2. The molecule has 0 saturated heterocycles. The second-order valence-electron chi connectivity index (χ2n) is 17.5. The first-order valence-electron chi connectivity index (χ1n) is 22.6. The lowest BCUT2D eigenvalue weighted by molar-refractivity contribution is -0.396. The van der Waals surface area contributed by atoms with E-state index in [1.54, 1.807) is 106 Å². The summed E-state index contributed by atoms with van der Waals surface area (Å²) in [7, 11) is 0. The predicted molar refractivity (Wildman–Crippen MR) is 259 cm³/mol. The number of rotatable bonds is 18. The van der Waals surface area contributed by atoms with Crippen molar-refractivity contribution in [2.24, 2.45) is 0 Å². The zero-order valence-electron chi connectivity index (χ0n) is 39.4. The molecule has 0 fully saturated rings. The third-order valence-electron chi connectivity index (χ3n) is 11.1. The highest BCUT2D eigenvalue weighted by Gasteiger charge is 2.34. The van der Waals surface area contributed by atoms with Gasteiger partial charge in [0, 0.05) is 29.4 Å². The van der Waals surface area contributed by atoms with Gasteiger partial charge in [-0.05, 0) is 69.7 Å². The van der Waals surface area contributed by atoms with Crippen molar-refractivity contribution in [1.82, 2.24) is 16.0 Å². The number of fused-ring (bicyclic) bond motifs is 2. The number of thioether (sulfide) groups is 1. The number of nitro benzene ring substituents is 2. The number of ether oxygens (including phenoxy) is 5. The van der Waals surface area contributed by atoms with Crippen LogP contribution >= 0.6 is 11.8 Å². The summed E-state index contributed by atoms with van der Waals surface area (Å²) in [6.07, 6.45) is -3.77. The molecular formula is C51H47N5O16S. The Hall–Kier alpha value is -8.66. The number of non-ortho nitro benzene ring substituents is 1. The van der Waals surface area contributed by atoms with E-state index in [2.05, 4.69) is 16.0 Å².